The van der Waals surface area contributed by atoms with Gasteiger partial charge in [-0.3, -0.25) is 0 Å². The van der Waals surface area contributed by atoms with Crippen LogP contribution in [0.4, 0.5) is 0 Å². The highest BCUT2D eigenvalue weighted by atomic mass is 32.2. The second kappa shape index (κ2) is 5.61. The van der Waals surface area contributed by atoms with Gasteiger partial charge >= 0.3 is 0 Å². The fraction of sp³-hybridized carbons (Fsp3) is 0.571. The Kier molecular flexibility index (Phi) is 4.28. The van der Waals surface area contributed by atoms with Gasteiger partial charge in [0, 0.05) is 12.1 Å². The Hall–Kier alpha value is -0.910. The van der Waals surface area contributed by atoms with Gasteiger partial charge in [-0.2, -0.15) is 0 Å². The zero-order chi connectivity index (χ0) is 14.0. The lowest BCUT2D eigenvalue weighted by molar-refractivity contribution is 0.530. The SMILES string of the molecule is CC(CC1CC1)NS(=O)(=O)c1cccc(C(C)N)c1. The molecule has 0 aliphatic heterocycles. The van der Waals surface area contributed by atoms with Crippen molar-refractivity contribution in [1.29, 1.82) is 0 Å². The van der Waals surface area contributed by atoms with Gasteiger partial charge in [-0.05, 0) is 43.9 Å². The Balaban J connectivity index is 2.11. The van der Waals surface area contributed by atoms with Gasteiger partial charge in [0.2, 0.25) is 10.0 Å². The highest BCUT2D eigenvalue weighted by molar-refractivity contribution is 7.89. The second-order valence-corrected chi connectivity index (χ2v) is 7.28. The Morgan fingerprint density at radius 1 is 1.37 bits per heavy atom. The van der Waals surface area contributed by atoms with Gasteiger partial charge in [-0.15, -0.1) is 0 Å². The first-order valence-electron chi connectivity index (χ1n) is 6.76. The normalized spacial score (nSPS) is 19.1. The number of nitrogens with two attached hydrogens (primary N) is 1. The average Bonchev–Trinajstić information content (AvgIpc) is 3.12. The summed E-state index contributed by atoms with van der Waals surface area (Å²) in [7, 11) is -3.44. The molecule has 19 heavy (non-hydrogen) atoms. The van der Waals surface area contributed by atoms with E-state index in [1.807, 2.05) is 19.9 Å². The van der Waals surface area contributed by atoms with Crippen LogP contribution >= 0.6 is 0 Å². The third-order valence-corrected chi connectivity index (χ3v) is 5.02. The summed E-state index contributed by atoms with van der Waals surface area (Å²) >= 11 is 0. The Morgan fingerprint density at radius 3 is 2.63 bits per heavy atom. The lowest BCUT2D eigenvalue weighted by Crippen LogP contribution is -2.33. The van der Waals surface area contributed by atoms with E-state index in [-0.39, 0.29) is 12.1 Å². The molecule has 0 radical (unpaired) electrons. The van der Waals surface area contributed by atoms with E-state index in [4.69, 9.17) is 5.73 Å². The molecular weight excluding hydrogens is 260 g/mol. The maximum atomic E-state index is 12.3. The third kappa shape index (κ3) is 4.03. The molecule has 1 saturated carbocycles. The molecule has 0 amide bonds. The molecule has 0 spiro atoms. The fourth-order valence-electron chi connectivity index (χ4n) is 2.20. The van der Waals surface area contributed by atoms with Crippen molar-refractivity contribution in [3.05, 3.63) is 29.8 Å². The van der Waals surface area contributed by atoms with E-state index in [0.29, 0.717) is 10.8 Å². The molecule has 4 nitrogen and oxygen atoms in total. The first-order chi connectivity index (χ1) is 8.88. The lowest BCUT2D eigenvalue weighted by atomic mass is 10.1. The zero-order valence-electron chi connectivity index (χ0n) is 11.5. The van der Waals surface area contributed by atoms with Gasteiger partial charge in [0.1, 0.15) is 0 Å². The van der Waals surface area contributed by atoms with Crippen molar-refractivity contribution in [2.24, 2.45) is 11.7 Å². The largest absolute Gasteiger partial charge is 0.324 e. The van der Waals surface area contributed by atoms with Crippen molar-refractivity contribution < 1.29 is 8.42 Å². The molecule has 1 aromatic rings. The summed E-state index contributed by atoms with van der Waals surface area (Å²) in [5, 5.41) is 0. The summed E-state index contributed by atoms with van der Waals surface area (Å²) in [5.41, 5.74) is 6.62. The number of hydrogen-bond donors (Lipinski definition) is 2. The summed E-state index contributed by atoms with van der Waals surface area (Å²) < 4.78 is 27.3. The van der Waals surface area contributed by atoms with Crippen molar-refractivity contribution in [1.82, 2.24) is 4.72 Å². The van der Waals surface area contributed by atoms with Gasteiger partial charge in [-0.25, -0.2) is 13.1 Å². The third-order valence-electron chi connectivity index (χ3n) is 3.43. The van der Waals surface area contributed by atoms with Crippen LogP contribution in [-0.4, -0.2) is 14.5 Å². The molecule has 2 atom stereocenters. The summed E-state index contributed by atoms with van der Waals surface area (Å²) in [6.07, 6.45) is 3.38. The van der Waals surface area contributed by atoms with Crippen molar-refractivity contribution in [3.63, 3.8) is 0 Å². The van der Waals surface area contributed by atoms with Gasteiger partial charge in [-0.1, -0.05) is 25.0 Å². The predicted octanol–water partition coefficient (Wildman–Crippen LogP) is 2.17. The van der Waals surface area contributed by atoms with Gasteiger partial charge in [0.25, 0.3) is 0 Å². The van der Waals surface area contributed by atoms with E-state index in [2.05, 4.69) is 4.72 Å². The highest BCUT2D eigenvalue weighted by Crippen LogP contribution is 2.33. The number of rotatable bonds is 6. The highest BCUT2D eigenvalue weighted by Gasteiger charge is 2.26. The van der Waals surface area contributed by atoms with Crippen LogP contribution in [0.15, 0.2) is 29.2 Å². The van der Waals surface area contributed by atoms with Gasteiger partial charge in [0.15, 0.2) is 0 Å². The number of nitrogens with one attached hydrogen (secondary N) is 1. The predicted molar refractivity (Wildman–Crippen MR) is 76.2 cm³/mol. The fourth-order valence-corrected chi connectivity index (χ4v) is 3.51. The van der Waals surface area contributed by atoms with Crippen molar-refractivity contribution in [2.75, 3.05) is 0 Å². The molecule has 1 aliphatic carbocycles. The molecule has 1 aliphatic rings. The maximum Gasteiger partial charge on any atom is 0.240 e. The number of hydrogen-bond acceptors (Lipinski definition) is 3. The first kappa shape index (κ1) is 14.5. The van der Waals surface area contributed by atoms with E-state index >= 15 is 0 Å². The summed E-state index contributed by atoms with van der Waals surface area (Å²) in [6.45, 7) is 3.76. The molecule has 1 fully saturated rings. The van der Waals surface area contributed by atoms with Crippen LogP contribution in [0.25, 0.3) is 0 Å². The smallest absolute Gasteiger partial charge is 0.240 e. The molecule has 0 aromatic heterocycles. The summed E-state index contributed by atoms with van der Waals surface area (Å²) in [5.74, 6) is 0.702. The van der Waals surface area contributed by atoms with Crippen molar-refractivity contribution in [2.45, 2.75) is 50.1 Å². The maximum absolute atomic E-state index is 12.3. The number of benzene rings is 1. The van der Waals surface area contributed by atoms with Gasteiger partial charge in [0.05, 0.1) is 4.90 Å². The molecule has 2 unspecified atom stereocenters. The van der Waals surface area contributed by atoms with Crippen LogP contribution in [0.5, 0.6) is 0 Å². The molecule has 0 bridgehead atoms. The van der Waals surface area contributed by atoms with Crippen LogP contribution in [0.2, 0.25) is 0 Å². The molecule has 0 saturated heterocycles. The molecule has 2 rings (SSSR count). The minimum absolute atomic E-state index is 0.0172. The summed E-state index contributed by atoms with van der Waals surface area (Å²) in [4.78, 5) is 0.296. The molecular formula is C14H22N2O2S. The minimum atomic E-state index is -3.44. The molecule has 1 aromatic carbocycles. The molecule has 3 N–H and O–H groups in total. The topological polar surface area (TPSA) is 72.2 Å². The van der Waals surface area contributed by atoms with Crippen molar-refractivity contribution in [3.8, 4) is 0 Å². The quantitative estimate of drug-likeness (QED) is 0.840. The lowest BCUT2D eigenvalue weighted by Gasteiger charge is -2.15. The van der Waals surface area contributed by atoms with E-state index in [9.17, 15) is 8.42 Å². The van der Waals surface area contributed by atoms with E-state index in [1.165, 1.54) is 12.8 Å². The minimum Gasteiger partial charge on any atom is -0.324 e. The van der Waals surface area contributed by atoms with Crippen LogP contribution in [-0.2, 0) is 10.0 Å². The standard InChI is InChI=1S/C14H22N2O2S/c1-10(8-12-6-7-12)16-19(17,18)14-5-3-4-13(9-14)11(2)15/h3-5,9-12,16H,6-8,15H2,1-2H3. The van der Waals surface area contributed by atoms with Crippen LogP contribution < -0.4 is 10.5 Å². The Morgan fingerprint density at radius 2 is 2.05 bits per heavy atom. The Labute approximate surface area is 115 Å². The molecule has 5 heteroatoms. The number of sulfonamides is 1. The Bertz CT molecular complexity index is 536. The summed E-state index contributed by atoms with van der Waals surface area (Å²) in [6, 6.07) is 6.65. The van der Waals surface area contributed by atoms with Crippen LogP contribution in [0, 0.1) is 5.92 Å². The van der Waals surface area contributed by atoms with Gasteiger partial charge < -0.3 is 5.73 Å². The van der Waals surface area contributed by atoms with Crippen molar-refractivity contribution >= 4 is 10.0 Å². The zero-order valence-corrected chi connectivity index (χ0v) is 12.3. The average molecular weight is 282 g/mol. The van der Waals surface area contributed by atoms with Crippen LogP contribution in [0.1, 0.15) is 44.7 Å². The van der Waals surface area contributed by atoms with E-state index in [0.717, 1.165) is 12.0 Å². The second-order valence-electron chi connectivity index (χ2n) is 5.56. The monoisotopic (exact) mass is 282 g/mol. The first-order valence-corrected chi connectivity index (χ1v) is 8.24. The van der Waals surface area contributed by atoms with E-state index in [1.54, 1.807) is 18.2 Å². The van der Waals surface area contributed by atoms with E-state index < -0.39 is 10.0 Å². The molecule has 106 valence electrons. The molecule has 0 heterocycles. The van der Waals surface area contributed by atoms with Crippen LogP contribution in [0.3, 0.4) is 0 Å².